The molecule has 4 rings (SSSR count). The molecule has 9 heteroatoms. The van der Waals surface area contributed by atoms with Crippen molar-refractivity contribution in [3.63, 3.8) is 0 Å². The lowest BCUT2D eigenvalue weighted by molar-refractivity contribution is 0.0994. The summed E-state index contributed by atoms with van der Waals surface area (Å²) in [6.07, 6.45) is 1.65. The number of anilines is 5. The predicted molar refractivity (Wildman–Crippen MR) is 130 cm³/mol. The third kappa shape index (κ3) is 4.09. The van der Waals surface area contributed by atoms with E-state index in [1.165, 1.54) is 0 Å². The molecule has 0 aliphatic carbocycles. The van der Waals surface area contributed by atoms with Gasteiger partial charge in [0, 0.05) is 25.8 Å². The number of halogens is 1. The number of nitrogens with zero attached hydrogens (tertiary/aromatic N) is 4. The number of benzene rings is 2. The Hall–Kier alpha value is -3.08. The van der Waals surface area contributed by atoms with E-state index in [9.17, 15) is 4.79 Å². The molecular formula is C22H22IN5O3. The minimum atomic E-state index is -0.0994. The van der Waals surface area contributed by atoms with Crippen LogP contribution in [-0.4, -0.2) is 41.2 Å². The van der Waals surface area contributed by atoms with Crippen LogP contribution in [0.4, 0.5) is 28.8 Å². The highest BCUT2D eigenvalue weighted by Gasteiger charge is 2.28. The number of carbonyl (C=O) groups is 1. The van der Waals surface area contributed by atoms with Crippen molar-refractivity contribution >= 4 is 57.3 Å². The summed E-state index contributed by atoms with van der Waals surface area (Å²) in [4.78, 5) is 25.5. The molecule has 0 spiro atoms. The molecule has 2 heterocycles. The molecule has 1 N–H and O–H groups in total. The Labute approximate surface area is 194 Å². The molecule has 0 saturated heterocycles. The summed E-state index contributed by atoms with van der Waals surface area (Å²) < 4.78 is 11.8. The fourth-order valence-electron chi connectivity index (χ4n) is 3.42. The Morgan fingerprint density at radius 1 is 1.03 bits per heavy atom. The van der Waals surface area contributed by atoms with E-state index in [-0.39, 0.29) is 5.91 Å². The van der Waals surface area contributed by atoms with E-state index in [0.29, 0.717) is 45.7 Å². The summed E-state index contributed by atoms with van der Waals surface area (Å²) in [5.74, 6) is 2.28. The van der Waals surface area contributed by atoms with Crippen LogP contribution in [0.15, 0.2) is 48.7 Å². The number of amides is 1. The minimum Gasteiger partial charge on any atom is -0.490 e. The van der Waals surface area contributed by atoms with Gasteiger partial charge in [-0.25, -0.2) is 4.98 Å². The Morgan fingerprint density at radius 3 is 2.61 bits per heavy atom. The molecule has 3 aromatic rings. The lowest BCUT2D eigenvalue weighted by Crippen LogP contribution is -2.25. The zero-order chi connectivity index (χ0) is 22.0. The quantitative estimate of drug-likeness (QED) is 0.364. The highest BCUT2D eigenvalue weighted by atomic mass is 127. The lowest BCUT2D eigenvalue weighted by atomic mass is 10.1. The smallest absolute Gasteiger partial charge is 0.260 e. The van der Waals surface area contributed by atoms with E-state index in [1.807, 2.05) is 61.3 Å². The van der Waals surface area contributed by atoms with Crippen molar-refractivity contribution in [2.75, 3.05) is 40.4 Å². The van der Waals surface area contributed by atoms with Crippen LogP contribution in [0.3, 0.4) is 0 Å². The van der Waals surface area contributed by atoms with Crippen molar-refractivity contribution in [3.05, 3.63) is 54.2 Å². The maximum atomic E-state index is 12.9. The molecule has 1 aliphatic heterocycles. The van der Waals surface area contributed by atoms with E-state index in [2.05, 4.69) is 32.9 Å². The van der Waals surface area contributed by atoms with Crippen molar-refractivity contribution in [1.82, 2.24) is 9.97 Å². The van der Waals surface area contributed by atoms with Crippen molar-refractivity contribution in [1.29, 1.82) is 0 Å². The Kier molecular flexibility index (Phi) is 6.12. The molecule has 0 unspecified atom stereocenters. The molecule has 160 valence electrons. The maximum Gasteiger partial charge on any atom is 0.260 e. The number of nitrogens with one attached hydrogen (secondary N) is 1. The summed E-state index contributed by atoms with van der Waals surface area (Å²) in [5.41, 5.74) is 2.81. The molecule has 0 radical (unpaired) electrons. The van der Waals surface area contributed by atoms with Crippen LogP contribution >= 0.6 is 22.6 Å². The Bertz CT molecular complexity index is 1120. The molecule has 8 nitrogen and oxygen atoms in total. The van der Waals surface area contributed by atoms with Gasteiger partial charge in [-0.2, -0.15) is 4.98 Å². The van der Waals surface area contributed by atoms with Crippen LogP contribution in [0.1, 0.15) is 17.3 Å². The SMILES string of the molecule is CCOc1ccc(Nc2ncc3c(n2)N(C)c2ccccc2C(=O)N3C)cc1OCI. The van der Waals surface area contributed by atoms with Crippen molar-refractivity contribution in [2.24, 2.45) is 0 Å². The van der Waals surface area contributed by atoms with Gasteiger partial charge in [0.2, 0.25) is 5.95 Å². The van der Waals surface area contributed by atoms with Gasteiger partial charge in [0.25, 0.3) is 5.91 Å². The summed E-state index contributed by atoms with van der Waals surface area (Å²) >= 11 is 2.14. The first kappa shape index (κ1) is 21.2. The molecule has 0 fully saturated rings. The van der Waals surface area contributed by atoms with Crippen molar-refractivity contribution in [2.45, 2.75) is 6.92 Å². The van der Waals surface area contributed by atoms with Crippen LogP contribution in [0.5, 0.6) is 11.5 Å². The second-order valence-corrected chi connectivity index (χ2v) is 7.44. The molecular weight excluding hydrogens is 509 g/mol. The van der Waals surface area contributed by atoms with Gasteiger partial charge in [-0.15, -0.1) is 0 Å². The third-order valence-corrected chi connectivity index (χ3v) is 5.25. The number of hydrogen-bond donors (Lipinski definition) is 1. The highest BCUT2D eigenvalue weighted by Crippen LogP contribution is 2.38. The van der Waals surface area contributed by atoms with Gasteiger partial charge in [0.1, 0.15) is 10.3 Å². The fraction of sp³-hybridized carbons (Fsp3) is 0.227. The summed E-state index contributed by atoms with van der Waals surface area (Å²) in [5, 5.41) is 3.22. The molecule has 1 aliphatic rings. The minimum absolute atomic E-state index is 0.0994. The van der Waals surface area contributed by atoms with Gasteiger partial charge in [-0.3, -0.25) is 4.79 Å². The fourth-order valence-corrected chi connectivity index (χ4v) is 3.76. The van der Waals surface area contributed by atoms with Crippen LogP contribution in [0.25, 0.3) is 0 Å². The first-order valence-corrected chi connectivity index (χ1v) is 11.3. The molecule has 0 saturated carbocycles. The molecule has 0 atom stereocenters. The third-order valence-electron chi connectivity index (χ3n) is 4.94. The number of hydrogen-bond acceptors (Lipinski definition) is 7. The first-order chi connectivity index (χ1) is 15.0. The number of rotatable bonds is 6. The van der Waals surface area contributed by atoms with E-state index in [0.717, 1.165) is 11.4 Å². The molecule has 1 aromatic heterocycles. The number of fused-ring (bicyclic) bond motifs is 2. The Balaban J connectivity index is 1.70. The van der Waals surface area contributed by atoms with Crippen molar-refractivity contribution < 1.29 is 14.3 Å². The number of alkyl halides is 1. The number of ether oxygens (including phenoxy) is 2. The molecule has 31 heavy (non-hydrogen) atoms. The average Bonchev–Trinajstić information content (AvgIpc) is 2.86. The van der Waals surface area contributed by atoms with E-state index < -0.39 is 0 Å². The van der Waals surface area contributed by atoms with Gasteiger partial charge in [-0.05, 0) is 53.8 Å². The second kappa shape index (κ2) is 8.96. The van der Waals surface area contributed by atoms with Gasteiger partial charge < -0.3 is 24.6 Å². The standard InChI is InChI=1S/C22H22IN5O3/c1-4-30-18-10-9-14(11-19(18)31-13-23)25-22-24-12-17-20(26-22)27(2)16-8-6-5-7-15(16)21(29)28(17)3/h5-12H,4,13H2,1-3H3,(H,24,25,26). The van der Waals surface area contributed by atoms with Gasteiger partial charge in [-0.1, -0.05) is 12.1 Å². The molecule has 0 bridgehead atoms. The summed E-state index contributed by atoms with van der Waals surface area (Å²) in [6, 6.07) is 13.1. The average molecular weight is 531 g/mol. The zero-order valence-electron chi connectivity index (χ0n) is 17.4. The van der Waals surface area contributed by atoms with Gasteiger partial charge in [0.05, 0.1) is 24.1 Å². The predicted octanol–water partition coefficient (Wildman–Crippen LogP) is 4.75. The number of aromatic nitrogens is 2. The van der Waals surface area contributed by atoms with Gasteiger partial charge in [0.15, 0.2) is 17.3 Å². The molecule has 1 amide bonds. The second-order valence-electron chi connectivity index (χ2n) is 6.82. The van der Waals surface area contributed by atoms with Crippen LogP contribution in [0, 0.1) is 0 Å². The largest absolute Gasteiger partial charge is 0.490 e. The van der Waals surface area contributed by atoms with E-state index in [1.54, 1.807) is 18.1 Å². The number of carbonyl (C=O) groups excluding carboxylic acids is 1. The van der Waals surface area contributed by atoms with Crippen LogP contribution < -0.4 is 24.6 Å². The Morgan fingerprint density at radius 2 is 1.84 bits per heavy atom. The van der Waals surface area contributed by atoms with E-state index in [4.69, 9.17) is 14.5 Å². The van der Waals surface area contributed by atoms with E-state index >= 15 is 0 Å². The topological polar surface area (TPSA) is 79.8 Å². The van der Waals surface area contributed by atoms with Crippen LogP contribution in [0.2, 0.25) is 0 Å². The highest BCUT2D eigenvalue weighted by molar-refractivity contribution is 14.1. The lowest BCUT2D eigenvalue weighted by Gasteiger charge is -2.21. The number of para-hydroxylation sites is 1. The van der Waals surface area contributed by atoms with Crippen LogP contribution in [-0.2, 0) is 0 Å². The van der Waals surface area contributed by atoms with Gasteiger partial charge >= 0.3 is 0 Å². The normalized spacial score (nSPS) is 12.7. The first-order valence-electron chi connectivity index (χ1n) is 9.74. The molecule has 2 aromatic carbocycles. The maximum absolute atomic E-state index is 12.9. The monoisotopic (exact) mass is 531 g/mol. The summed E-state index contributed by atoms with van der Waals surface area (Å²) in [7, 11) is 3.62. The summed E-state index contributed by atoms with van der Waals surface area (Å²) in [6.45, 7) is 2.48. The zero-order valence-corrected chi connectivity index (χ0v) is 19.6. The van der Waals surface area contributed by atoms with Crippen molar-refractivity contribution in [3.8, 4) is 11.5 Å².